The minimum Gasteiger partial charge on any atom is -0.379 e. The van der Waals surface area contributed by atoms with E-state index in [9.17, 15) is 4.79 Å². The minimum atomic E-state index is -0.193. The van der Waals surface area contributed by atoms with Crippen LogP contribution >= 0.6 is 11.6 Å². The second-order valence-electron chi connectivity index (χ2n) is 3.69. The average molecular weight is 241 g/mol. The molecule has 0 spiro atoms. The van der Waals surface area contributed by atoms with Crippen LogP contribution in [0, 0.1) is 0 Å². The van der Waals surface area contributed by atoms with Crippen LogP contribution in [0.5, 0.6) is 0 Å². The molecule has 0 saturated carbocycles. The first-order chi connectivity index (χ1) is 7.75. The number of halogens is 1. The topological polar surface area (TPSA) is 72.8 Å². The molecule has 16 heavy (non-hydrogen) atoms. The molecule has 0 unspecified atom stereocenters. The van der Waals surface area contributed by atoms with Gasteiger partial charge in [0.05, 0.1) is 18.8 Å². The van der Waals surface area contributed by atoms with Crippen LogP contribution in [0.25, 0.3) is 11.2 Å². The highest BCUT2D eigenvalue weighted by Crippen LogP contribution is 2.21. The summed E-state index contributed by atoms with van der Waals surface area (Å²) in [5, 5.41) is 0.138. The maximum Gasteiger partial charge on any atom is 0.328 e. The summed E-state index contributed by atoms with van der Waals surface area (Å²) in [4.78, 5) is 22.4. The van der Waals surface area contributed by atoms with Gasteiger partial charge in [-0.2, -0.15) is 4.98 Å². The highest BCUT2D eigenvalue weighted by molar-refractivity contribution is 6.28. The lowest BCUT2D eigenvalue weighted by atomic mass is 10.2. The second kappa shape index (κ2) is 3.57. The molecule has 3 heterocycles. The molecule has 1 saturated heterocycles. The lowest BCUT2D eigenvalue weighted by molar-refractivity contribution is 0.186. The molecule has 7 heteroatoms. The fraction of sp³-hybridized carbons (Fsp3) is 0.444. The monoisotopic (exact) mass is 240 g/mol. The SMILES string of the molecule is O=c1[nH]c2cnc(Cl)nc2n1[C@H]1CCOC1. The molecule has 1 atom stereocenters. The van der Waals surface area contributed by atoms with Crippen molar-refractivity contribution in [1.82, 2.24) is 19.5 Å². The summed E-state index contributed by atoms with van der Waals surface area (Å²) in [5.74, 6) is 0. The van der Waals surface area contributed by atoms with E-state index in [0.717, 1.165) is 6.42 Å². The van der Waals surface area contributed by atoms with Crippen molar-refractivity contribution in [3.05, 3.63) is 22.0 Å². The number of aromatic nitrogens is 4. The number of imidazole rings is 1. The van der Waals surface area contributed by atoms with E-state index in [1.807, 2.05) is 0 Å². The summed E-state index contributed by atoms with van der Waals surface area (Å²) >= 11 is 5.72. The van der Waals surface area contributed by atoms with Crippen LogP contribution in [0.4, 0.5) is 0 Å². The van der Waals surface area contributed by atoms with Gasteiger partial charge in [0.25, 0.3) is 0 Å². The maximum absolute atomic E-state index is 11.8. The van der Waals surface area contributed by atoms with Crippen molar-refractivity contribution in [3.63, 3.8) is 0 Å². The smallest absolute Gasteiger partial charge is 0.328 e. The molecule has 0 aromatic carbocycles. The summed E-state index contributed by atoms with van der Waals surface area (Å²) in [7, 11) is 0. The Labute approximate surface area is 95.2 Å². The average Bonchev–Trinajstić information content (AvgIpc) is 2.83. The summed E-state index contributed by atoms with van der Waals surface area (Å²) in [6.45, 7) is 1.21. The number of H-pyrrole nitrogens is 1. The zero-order chi connectivity index (χ0) is 11.1. The van der Waals surface area contributed by atoms with Gasteiger partial charge in [-0.15, -0.1) is 0 Å². The second-order valence-corrected chi connectivity index (χ2v) is 4.03. The fourth-order valence-electron chi connectivity index (χ4n) is 1.96. The largest absolute Gasteiger partial charge is 0.379 e. The Morgan fingerprint density at radius 3 is 3.25 bits per heavy atom. The molecule has 2 aromatic rings. The van der Waals surface area contributed by atoms with Crippen molar-refractivity contribution in [2.45, 2.75) is 12.5 Å². The Morgan fingerprint density at radius 2 is 2.50 bits per heavy atom. The number of aromatic amines is 1. The van der Waals surface area contributed by atoms with Gasteiger partial charge in [-0.3, -0.25) is 4.57 Å². The summed E-state index contributed by atoms with van der Waals surface area (Å²) in [6.07, 6.45) is 2.33. The van der Waals surface area contributed by atoms with Crippen LogP contribution in [-0.4, -0.2) is 32.7 Å². The zero-order valence-corrected chi connectivity index (χ0v) is 9.07. The number of ether oxygens (including phenoxy) is 1. The van der Waals surface area contributed by atoms with Crippen molar-refractivity contribution in [2.75, 3.05) is 13.2 Å². The van der Waals surface area contributed by atoms with Gasteiger partial charge in [-0.25, -0.2) is 9.78 Å². The number of rotatable bonds is 1. The van der Waals surface area contributed by atoms with Gasteiger partial charge >= 0.3 is 5.69 Å². The van der Waals surface area contributed by atoms with E-state index in [1.165, 1.54) is 6.20 Å². The third-order valence-electron chi connectivity index (χ3n) is 2.70. The number of fused-ring (bicyclic) bond motifs is 1. The van der Waals surface area contributed by atoms with Crippen molar-refractivity contribution < 1.29 is 4.74 Å². The summed E-state index contributed by atoms with van der Waals surface area (Å²) in [5.41, 5.74) is 0.948. The summed E-state index contributed by atoms with van der Waals surface area (Å²) < 4.78 is 6.86. The Bertz CT molecular complexity index is 585. The van der Waals surface area contributed by atoms with E-state index in [4.69, 9.17) is 16.3 Å². The van der Waals surface area contributed by atoms with Gasteiger partial charge in [0.2, 0.25) is 5.28 Å². The van der Waals surface area contributed by atoms with Crippen LogP contribution < -0.4 is 5.69 Å². The van der Waals surface area contributed by atoms with E-state index in [0.29, 0.717) is 24.4 Å². The standard InChI is InChI=1S/C9H9ClN4O2/c10-8-11-3-6-7(13-8)14(9(15)12-6)5-1-2-16-4-5/h3,5H,1-2,4H2,(H,12,15)/t5-/m0/s1. The molecule has 1 aliphatic heterocycles. The number of nitrogens with zero attached hydrogens (tertiary/aromatic N) is 3. The first-order valence-corrected chi connectivity index (χ1v) is 5.34. The van der Waals surface area contributed by atoms with Gasteiger partial charge < -0.3 is 9.72 Å². The van der Waals surface area contributed by atoms with Crippen LogP contribution in [0.2, 0.25) is 5.28 Å². The van der Waals surface area contributed by atoms with Gasteiger partial charge in [0.15, 0.2) is 5.65 Å². The van der Waals surface area contributed by atoms with Gasteiger partial charge in [-0.05, 0) is 18.0 Å². The molecule has 1 fully saturated rings. The van der Waals surface area contributed by atoms with E-state index in [1.54, 1.807) is 4.57 Å². The van der Waals surface area contributed by atoms with Crippen molar-refractivity contribution in [3.8, 4) is 0 Å². The van der Waals surface area contributed by atoms with E-state index in [-0.39, 0.29) is 17.0 Å². The highest BCUT2D eigenvalue weighted by atomic mass is 35.5. The van der Waals surface area contributed by atoms with Crippen LogP contribution in [0.15, 0.2) is 11.0 Å². The first-order valence-electron chi connectivity index (χ1n) is 4.96. The fourth-order valence-corrected chi connectivity index (χ4v) is 2.09. The van der Waals surface area contributed by atoms with E-state index in [2.05, 4.69) is 15.0 Å². The molecule has 0 aliphatic carbocycles. The number of hydrogen-bond donors (Lipinski definition) is 1. The number of nitrogens with one attached hydrogen (secondary N) is 1. The molecule has 1 N–H and O–H groups in total. The molecule has 2 aromatic heterocycles. The third kappa shape index (κ3) is 1.42. The highest BCUT2D eigenvalue weighted by Gasteiger charge is 2.22. The Hall–Kier alpha value is -1.40. The first kappa shape index (κ1) is 9.80. The zero-order valence-electron chi connectivity index (χ0n) is 8.31. The molecule has 6 nitrogen and oxygen atoms in total. The molecule has 84 valence electrons. The molecular formula is C9H9ClN4O2. The van der Waals surface area contributed by atoms with Crippen LogP contribution in [-0.2, 0) is 4.74 Å². The van der Waals surface area contributed by atoms with Crippen LogP contribution in [0.3, 0.4) is 0 Å². The quantitative estimate of drug-likeness (QED) is 0.746. The molecular weight excluding hydrogens is 232 g/mol. The Morgan fingerprint density at radius 1 is 1.62 bits per heavy atom. The summed E-state index contributed by atoms with van der Waals surface area (Å²) in [6, 6.07) is 0.0345. The Balaban J connectivity index is 2.25. The predicted molar refractivity (Wildman–Crippen MR) is 57.6 cm³/mol. The van der Waals surface area contributed by atoms with Gasteiger partial charge in [0, 0.05) is 6.61 Å². The predicted octanol–water partition coefficient (Wildman–Crippen LogP) is 0.734. The molecule has 0 radical (unpaired) electrons. The number of hydrogen-bond acceptors (Lipinski definition) is 4. The van der Waals surface area contributed by atoms with Crippen molar-refractivity contribution >= 4 is 22.8 Å². The van der Waals surface area contributed by atoms with Crippen LogP contribution in [0.1, 0.15) is 12.5 Å². The van der Waals surface area contributed by atoms with E-state index < -0.39 is 0 Å². The molecule has 0 bridgehead atoms. The lowest BCUT2D eigenvalue weighted by Crippen LogP contribution is -2.22. The molecule has 1 aliphatic rings. The maximum atomic E-state index is 11.8. The third-order valence-corrected chi connectivity index (χ3v) is 2.88. The normalized spacial score (nSPS) is 20.7. The molecule has 3 rings (SSSR count). The Kier molecular flexibility index (Phi) is 2.19. The lowest BCUT2D eigenvalue weighted by Gasteiger charge is -2.08. The molecule has 0 amide bonds. The van der Waals surface area contributed by atoms with Gasteiger partial charge in [0.1, 0.15) is 5.52 Å². The van der Waals surface area contributed by atoms with Crippen molar-refractivity contribution in [1.29, 1.82) is 0 Å². The van der Waals surface area contributed by atoms with E-state index >= 15 is 0 Å². The minimum absolute atomic E-state index is 0.0345. The van der Waals surface area contributed by atoms with Crippen molar-refractivity contribution in [2.24, 2.45) is 0 Å². The van der Waals surface area contributed by atoms with Gasteiger partial charge in [-0.1, -0.05) is 0 Å².